The second-order valence-corrected chi connectivity index (χ2v) is 8.58. The minimum absolute atomic E-state index is 0.187. The van der Waals surface area contributed by atoms with Crippen LogP contribution >= 0.6 is 50.1 Å². The van der Waals surface area contributed by atoms with Gasteiger partial charge in [-0.25, -0.2) is 9.79 Å². The van der Waals surface area contributed by atoms with Crippen molar-refractivity contribution in [2.45, 2.75) is 20.3 Å². The smallest absolute Gasteiger partial charge is 0.363 e. The summed E-state index contributed by atoms with van der Waals surface area (Å²) in [7, 11) is 0. The van der Waals surface area contributed by atoms with Gasteiger partial charge in [0.2, 0.25) is 5.90 Å². The first kappa shape index (κ1) is 22.1. The fourth-order valence-electron chi connectivity index (χ4n) is 2.62. The molecule has 0 atom stereocenters. The van der Waals surface area contributed by atoms with Gasteiger partial charge in [-0.15, -0.1) is 0 Å². The minimum Gasteiger partial charge on any atom is -0.490 e. The van der Waals surface area contributed by atoms with E-state index in [2.05, 4.69) is 43.5 Å². The molecular formula is C21H18BrClINO4. The van der Waals surface area contributed by atoms with Crippen LogP contribution in [0.15, 0.2) is 45.5 Å². The molecule has 152 valence electrons. The van der Waals surface area contributed by atoms with Crippen LogP contribution in [0.4, 0.5) is 0 Å². The van der Waals surface area contributed by atoms with Gasteiger partial charge in [0, 0.05) is 3.57 Å². The number of esters is 1. The molecule has 3 rings (SSSR count). The summed E-state index contributed by atoms with van der Waals surface area (Å²) in [6, 6.07) is 9.10. The molecule has 2 aromatic rings. The Balaban J connectivity index is 1.97. The Morgan fingerprint density at radius 2 is 2.03 bits per heavy atom. The molecule has 0 bridgehead atoms. The first-order valence-corrected chi connectivity index (χ1v) is 11.2. The van der Waals surface area contributed by atoms with E-state index in [0.717, 1.165) is 20.0 Å². The Bertz CT molecular complexity index is 1010. The monoisotopic (exact) mass is 589 g/mol. The summed E-state index contributed by atoms with van der Waals surface area (Å²) in [4.78, 5) is 16.7. The number of hydrogen-bond donors (Lipinski definition) is 0. The molecule has 0 fully saturated rings. The molecule has 0 saturated carbocycles. The standard InChI is InChI=1S/C21H18BrClINO4/c1-3-7-28-19-15(22)8-12(10-18(19)27-4-2)9-17-21(26)29-20(25-17)14-11-13(24)5-6-16(14)23/h5-6,8-11H,3-4,7H2,1-2H3. The van der Waals surface area contributed by atoms with Gasteiger partial charge in [-0.1, -0.05) is 18.5 Å². The lowest BCUT2D eigenvalue weighted by Gasteiger charge is -2.14. The van der Waals surface area contributed by atoms with Gasteiger partial charge in [-0.05, 0) is 93.8 Å². The fraction of sp³-hybridized carbons (Fsp3) is 0.238. The lowest BCUT2D eigenvalue weighted by Crippen LogP contribution is -2.06. The van der Waals surface area contributed by atoms with E-state index in [1.54, 1.807) is 12.1 Å². The third-order valence-electron chi connectivity index (χ3n) is 3.86. The summed E-state index contributed by atoms with van der Waals surface area (Å²) in [5.41, 5.74) is 1.50. The van der Waals surface area contributed by atoms with Gasteiger partial charge >= 0.3 is 5.97 Å². The van der Waals surface area contributed by atoms with E-state index in [1.165, 1.54) is 0 Å². The number of cyclic esters (lactones) is 1. The third-order valence-corrected chi connectivity index (χ3v) is 5.45. The van der Waals surface area contributed by atoms with E-state index in [-0.39, 0.29) is 11.6 Å². The van der Waals surface area contributed by atoms with Gasteiger partial charge in [0.1, 0.15) is 0 Å². The van der Waals surface area contributed by atoms with Crippen molar-refractivity contribution in [2.24, 2.45) is 4.99 Å². The van der Waals surface area contributed by atoms with Gasteiger partial charge in [-0.3, -0.25) is 0 Å². The van der Waals surface area contributed by atoms with Crippen LogP contribution in [-0.4, -0.2) is 25.1 Å². The molecule has 0 aliphatic carbocycles. The van der Waals surface area contributed by atoms with Crippen molar-refractivity contribution in [1.82, 2.24) is 0 Å². The summed E-state index contributed by atoms with van der Waals surface area (Å²) in [5, 5.41) is 0.469. The molecule has 0 spiro atoms. The quantitative estimate of drug-likeness (QED) is 0.218. The molecule has 5 nitrogen and oxygen atoms in total. The highest BCUT2D eigenvalue weighted by atomic mass is 127. The fourth-order valence-corrected chi connectivity index (χ4v) is 3.89. The highest BCUT2D eigenvalue weighted by Gasteiger charge is 2.26. The van der Waals surface area contributed by atoms with Crippen LogP contribution < -0.4 is 9.47 Å². The van der Waals surface area contributed by atoms with Gasteiger partial charge in [0.05, 0.1) is 28.3 Å². The third kappa shape index (κ3) is 5.32. The van der Waals surface area contributed by atoms with Crippen molar-refractivity contribution in [2.75, 3.05) is 13.2 Å². The van der Waals surface area contributed by atoms with Crippen molar-refractivity contribution in [1.29, 1.82) is 0 Å². The molecule has 1 heterocycles. The number of rotatable bonds is 7. The zero-order valence-corrected chi connectivity index (χ0v) is 20.3. The molecule has 1 aliphatic rings. The Morgan fingerprint density at radius 1 is 1.24 bits per heavy atom. The highest BCUT2D eigenvalue weighted by molar-refractivity contribution is 14.1. The number of aliphatic imine (C=N–C) groups is 1. The molecule has 0 amide bonds. The maximum atomic E-state index is 12.3. The van der Waals surface area contributed by atoms with Crippen LogP contribution in [0.1, 0.15) is 31.4 Å². The van der Waals surface area contributed by atoms with Crippen molar-refractivity contribution in [3.63, 3.8) is 0 Å². The minimum atomic E-state index is -0.532. The Labute approximate surface area is 196 Å². The lowest BCUT2D eigenvalue weighted by molar-refractivity contribution is -0.129. The number of ether oxygens (including phenoxy) is 3. The Hall–Kier alpha value is -1.58. The molecule has 8 heteroatoms. The van der Waals surface area contributed by atoms with Crippen molar-refractivity contribution in [3.05, 3.63) is 60.2 Å². The Kier molecular flexibility index (Phi) is 7.59. The maximum Gasteiger partial charge on any atom is 0.363 e. The average Bonchev–Trinajstić information content (AvgIpc) is 3.03. The summed E-state index contributed by atoms with van der Waals surface area (Å²) in [5.74, 6) is 0.894. The van der Waals surface area contributed by atoms with E-state index < -0.39 is 5.97 Å². The van der Waals surface area contributed by atoms with E-state index >= 15 is 0 Å². The topological polar surface area (TPSA) is 57.1 Å². The van der Waals surface area contributed by atoms with Crippen molar-refractivity contribution in [3.8, 4) is 11.5 Å². The van der Waals surface area contributed by atoms with Gasteiger partial charge in [0.25, 0.3) is 0 Å². The number of nitrogens with zero attached hydrogens (tertiary/aromatic N) is 1. The van der Waals surface area contributed by atoms with Gasteiger partial charge < -0.3 is 14.2 Å². The number of carbonyl (C=O) groups excluding carboxylic acids is 1. The van der Waals surface area contributed by atoms with Crippen molar-refractivity contribution < 1.29 is 19.0 Å². The number of benzene rings is 2. The summed E-state index contributed by atoms with van der Waals surface area (Å²) >= 11 is 11.9. The van der Waals surface area contributed by atoms with Crippen LogP contribution in [0.25, 0.3) is 6.08 Å². The molecular weight excluding hydrogens is 572 g/mol. The molecule has 0 radical (unpaired) electrons. The largest absolute Gasteiger partial charge is 0.490 e. The van der Waals surface area contributed by atoms with Crippen LogP contribution in [0.5, 0.6) is 11.5 Å². The van der Waals surface area contributed by atoms with Gasteiger partial charge in [0.15, 0.2) is 17.2 Å². The predicted molar refractivity (Wildman–Crippen MR) is 126 cm³/mol. The molecule has 29 heavy (non-hydrogen) atoms. The van der Waals surface area contributed by atoms with E-state index in [1.807, 2.05) is 38.1 Å². The molecule has 0 N–H and O–H groups in total. The average molecular weight is 591 g/mol. The zero-order chi connectivity index (χ0) is 21.0. The number of hydrogen-bond acceptors (Lipinski definition) is 5. The highest BCUT2D eigenvalue weighted by Crippen LogP contribution is 2.38. The molecule has 0 aromatic heterocycles. The predicted octanol–water partition coefficient (Wildman–Crippen LogP) is 6.24. The second-order valence-electron chi connectivity index (χ2n) is 6.07. The molecule has 0 saturated heterocycles. The second kappa shape index (κ2) is 9.95. The van der Waals surface area contributed by atoms with Crippen LogP contribution in [0, 0.1) is 3.57 Å². The molecule has 2 aromatic carbocycles. The SMILES string of the molecule is CCCOc1c(Br)cc(C=C2N=C(c3cc(I)ccc3Cl)OC2=O)cc1OCC. The lowest BCUT2D eigenvalue weighted by atomic mass is 10.1. The number of halogens is 3. The van der Waals surface area contributed by atoms with Crippen LogP contribution in [-0.2, 0) is 9.53 Å². The maximum absolute atomic E-state index is 12.3. The van der Waals surface area contributed by atoms with Crippen LogP contribution in [0.3, 0.4) is 0 Å². The summed E-state index contributed by atoms with van der Waals surface area (Å²) in [6.07, 6.45) is 2.53. The van der Waals surface area contributed by atoms with Crippen LogP contribution in [0.2, 0.25) is 5.02 Å². The summed E-state index contributed by atoms with van der Waals surface area (Å²) in [6.45, 7) is 5.01. The molecule has 1 aliphatic heterocycles. The Morgan fingerprint density at radius 3 is 2.76 bits per heavy atom. The first-order valence-electron chi connectivity index (χ1n) is 9.00. The summed E-state index contributed by atoms with van der Waals surface area (Å²) < 4.78 is 18.5. The van der Waals surface area contributed by atoms with E-state index in [9.17, 15) is 4.79 Å². The van der Waals surface area contributed by atoms with Gasteiger partial charge in [-0.2, -0.15) is 0 Å². The zero-order valence-electron chi connectivity index (χ0n) is 15.8. The normalized spacial score (nSPS) is 14.7. The number of carbonyl (C=O) groups is 1. The van der Waals surface area contributed by atoms with E-state index in [0.29, 0.717) is 35.3 Å². The van der Waals surface area contributed by atoms with E-state index in [4.69, 9.17) is 25.8 Å². The molecule has 0 unspecified atom stereocenters. The first-order chi connectivity index (χ1) is 13.9. The van der Waals surface area contributed by atoms with Crippen molar-refractivity contribution >= 4 is 68.1 Å².